The van der Waals surface area contributed by atoms with Gasteiger partial charge in [0.05, 0.1) is 6.61 Å². The predicted molar refractivity (Wildman–Crippen MR) is 64.1 cm³/mol. The van der Waals surface area contributed by atoms with E-state index in [1.807, 2.05) is 4.90 Å². The van der Waals surface area contributed by atoms with Gasteiger partial charge in [-0.15, -0.1) is 0 Å². The van der Waals surface area contributed by atoms with Crippen LogP contribution in [-0.2, 0) is 9.53 Å². The van der Waals surface area contributed by atoms with Crippen molar-refractivity contribution < 1.29 is 9.53 Å². The first-order chi connectivity index (χ1) is 7.70. The van der Waals surface area contributed by atoms with Gasteiger partial charge in [-0.1, -0.05) is 19.8 Å². The van der Waals surface area contributed by atoms with Crippen LogP contribution >= 0.6 is 0 Å². The molecule has 0 radical (unpaired) electrons. The quantitative estimate of drug-likeness (QED) is 0.785. The summed E-state index contributed by atoms with van der Waals surface area (Å²) in [6, 6.07) is -0.130. The second-order valence-corrected chi connectivity index (χ2v) is 4.50. The number of methoxy groups -OCH3 is 1. The number of carbonyl (C=O) groups is 1. The first-order valence-electron chi connectivity index (χ1n) is 6.25. The molecule has 1 rings (SSSR count). The molecule has 1 heterocycles. The minimum atomic E-state index is -0.503. The minimum Gasteiger partial charge on any atom is -0.383 e. The van der Waals surface area contributed by atoms with E-state index in [-0.39, 0.29) is 5.91 Å². The third-order valence-corrected chi connectivity index (χ3v) is 3.29. The van der Waals surface area contributed by atoms with Gasteiger partial charge in [-0.05, 0) is 19.3 Å². The molecule has 0 saturated carbocycles. The van der Waals surface area contributed by atoms with Crippen LogP contribution in [0.15, 0.2) is 0 Å². The topological polar surface area (TPSA) is 55.6 Å². The Balaban J connectivity index is 2.62. The fourth-order valence-electron chi connectivity index (χ4n) is 2.36. The lowest BCUT2D eigenvalue weighted by molar-refractivity contribution is -0.136. The molecular formula is C12H24N2O2. The highest BCUT2D eigenvalue weighted by molar-refractivity contribution is 5.82. The highest BCUT2D eigenvalue weighted by Crippen LogP contribution is 2.19. The van der Waals surface area contributed by atoms with Crippen LogP contribution in [0.25, 0.3) is 0 Å². The van der Waals surface area contributed by atoms with Crippen LogP contribution < -0.4 is 5.73 Å². The van der Waals surface area contributed by atoms with E-state index in [0.29, 0.717) is 12.6 Å². The zero-order chi connectivity index (χ0) is 12.0. The molecule has 94 valence electrons. The van der Waals surface area contributed by atoms with E-state index >= 15 is 0 Å². The Labute approximate surface area is 98.1 Å². The molecule has 0 aromatic rings. The Kier molecular flexibility index (Phi) is 5.77. The maximum absolute atomic E-state index is 12.1. The normalized spacial score (nSPS) is 23.9. The number of hydrogen-bond donors (Lipinski definition) is 1. The summed E-state index contributed by atoms with van der Waals surface area (Å²) >= 11 is 0. The summed E-state index contributed by atoms with van der Waals surface area (Å²) in [6.45, 7) is 3.30. The molecule has 1 saturated heterocycles. The molecule has 1 aliphatic rings. The second kappa shape index (κ2) is 6.86. The molecule has 0 aromatic carbocycles. The highest BCUT2D eigenvalue weighted by atomic mass is 16.5. The SMILES string of the molecule is CCC1CCCCCN1C(=O)C(N)COC. The summed E-state index contributed by atoms with van der Waals surface area (Å²) in [5, 5.41) is 0. The van der Waals surface area contributed by atoms with Gasteiger partial charge < -0.3 is 15.4 Å². The van der Waals surface area contributed by atoms with Crippen LogP contribution in [0.3, 0.4) is 0 Å². The van der Waals surface area contributed by atoms with Crippen LogP contribution in [0.4, 0.5) is 0 Å². The van der Waals surface area contributed by atoms with E-state index < -0.39 is 6.04 Å². The molecule has 2 N–H and O–H groups in total. The third-order valence-electron chi connectivity index (χ3n) is 3.29. The Bertz CT molecular complexity index is 221. The zero-order valence-corrected chi connectivity index (χ0v) is 10.4. The van der Waals surface area contributed by atoms with E-state index in [9.17, 15) is 4.79 Å². The van der Waals surface area contributed by atoms with Crippen molar-refractivity contribution in [3.8, 4) is 0 Å². The maximum Gasteiger partial charge on any atom is 0.242 e. The van der Waals surface area contributed by atoms with Gasteiger partial charge in [0.25, 0.3) is 0 Å². The lowest BCUT2D eigenvalue weighted by Gasteiger charge is -2.31. The molecule has 0 aromatic heterocycles. The van der Waals surface area contributed by atoms with Crippen LogP contribution in [0, 0.1) is 0 Å². The van der Waals surface area contributed by atoms with Crippen molar-refractivity contribution in [3.63, 3.8) is 0 Å². The molecule has 1 aliphatic heterocycles. The van der Waals surface area contributed by atoms with Crippen LogP contribution in [-0.4, -0.2) is 43.2 Å². The number of nitrogens with two attached hydrogens (primary N) is 1. The first kappa shape index (κ1) is 13.5. The smallest absolute Gasteiger partial charge is 0.242 e. The lowest BCUT2D eigenvalue weighted by Crippen LogP contribution is -2.50. The van der Waals surface area contributed by atoms with E-state index in [4.69, 9.17) is 10.5 Å². The number of ether oxygens (including phenoxy) is 1. The van der Waals surface area contributed by atoms with E-state index in [1.165, 1.54) is 12.8 Å². The van der Waals surface area contributed by atoms with Crippen molar-refractivity contribution in [1.82, 2.24) is 4.90 Å². The van der Waals surface area contributed by atoms with Crippen molar-refractivity contribution in [1.29, 1.82) is 0 Å². The van der Waals surface area contributed by atoms with E-state index in [2.05, 4.69) is 6.92 Å². The lowest BCUT2D eigenvalue weighted by atomic mass is 10.1. The van der Waals surface area contributed by atoms with Crippen LogP contribution in [0.5, 0.6) is 0 Å². The Hall–Kier alpha value is -0.610. The molecular weight excluding hydrogens is 204 g/mol. The summed E-state index contributed by atoms with van der Waals surface area (Å²) in [5.74, 6) is 0.0515. The number of carbonyl (C=O) groups excluding carboxylic acids is 1. The van der Waals surface area contributed by atoms with Gasteiger partial charge in [0.2, 0.25) is 5.91 Å². The molecule has 2 atom stereocenters. The highest BCUT2D eigenvalue weighted by Gasteiger charge is 2.27. The number of nitrogens with zero attached hydrogens (tertiary/aromatic N) is 1. The standard InChI is InChI=1S/C12H24N2O2/c1-3-10-7-5-4-6-8-14(10)12(15)11(13)9-16-2/h10-11H,3-9,13H2,1-2H3. The van der Waals surface area contributed by atoms with Gasteiger partial charge in [0.15, 0.2) is 0 Å². The van der Waals surface area contributed by atoms with Crippen molar-refractivity contribution in [3.05, 3.63) is 0 Å². The molecule has 1 amide bonds. The Morgan fingerprint density at radius 3 is 2.88 bits per heavy atom. The molecule has 4 heteroatoms. The summed E-state index contributed by atoms with van der Waals surface area (Å²) in [6.07, 6.45) is 5.68. The summed E-state index contributed by atoms with van der Waals surface area (Å²) in [5.41, 5.74) is 5.81. The summed E-state index contributed by atoms with van der Waals surface area (Å²) in [7, 11) is 1.58. The van der Waals surface area contributed by atoms with Gasteiger partial charge in [-0.3, -0.25) is 4.79 Å². The van der Waals surface area contributed by atoms with Gasteiger partial charge >= 0.3 is 0 Å². The number of amides is 1. The van der Waals surface area contributed by atoms with Crippen LogP contribution in [0.2, 0.25) is 0 Å². The second-order valence-electron chi connectivity index (χ2n) is 4.50. The Morgan fingerprint density at radius 2 is 2.25 bits per heavy atom. The molecule has 16 heavy (non-hydrogen) atoms. The monoisotopic (exact) mass is 228 g/mol. The Morgan fingerprint density at radius 1 is 1.50 bits per heavy atom. The van der Waals surface area contributed by atoms with Crippen molar-refractivity contribution in [2.24, 2.45) is 5.73 Å². The predicted octanol–water partition coefficient (Wildman–Crippen LogP) is 1.14. The number of likely N-dealkylation sites (tertiary alicyclic amines) is 1. The molecule has 0 bridgehead atoms. The van der Waals surface area contributed by atoms with Crippen molar-refractivity contribution >= 4 is 5.91 Å². The minimum absolute atomic E-state index is 0.0515. The van der Waals surface area contributed by atoms with Gasteiger partial charge in [0, 0.05) is 19.7 Å². The first-order valence-corrected chi connectivity index (χ1v) is 6.25. The largest absolute Gasteiger partial charge is 0.383 e. The maximum atomic E-state index is 12.1. The fourth-order valence-corrected chi connectivity index (χ4v) is 2.36. The fraction of sp³-hybridized carbons (Fsp3) is 0.917. The van der Waals surface area contributed by atoms with Gasteiger partial charge in [0.1, 0.15) is 6.04 Å². The number of rotatable bonds is 4. The molecule has 4 nitrogen and oxygen atoms in total. The van der Waals surface area contributed by atoms with Crippen LogP contribution in [0.1, 0.15) is 39.0 Å². The van der Waals surface area contributed by atoms with Gasteiger partial charge in [-0.2, -0.15) is 0 Å². The molecule has 0 spiro atoms. The molecule has 1 fully saturated rings. The summed E-state index contributed by atoms with van der Waals surface area (Å²) < 4.78 is 4.94. The summed E-state index contributed by atoms with van der Waals surface area (Å²) in [4.78, 5) is 14.1. The van der Waals surface area contributed by atoms with Crippen molar-refractivity contribution in [2.75, 3.05) is 20.3 Å². The number of hydrogen-bond acceptors (Lipinski definition) is 3. The van der Waals surface area contributed by atoms with Crippen molar-refractivity contribution in [2.45, 2.75) is 51.1 Å². The zero-order valence-electron chi connectivity index (χ0n) is 10.4. The van der Waals surface area contributed by atoms with E-state index in [0.717, 1.165) is 25.8 Å². The van der Waals surface area contributed by atoms with E-state index in [1.54, 1.807) is 7.11 Å². The average Bonchev–Trinajstić information content (AvgIpc) is 2.53. The molecule has 0 aliphatic carbocycles. The average molecular weight is 228 g/mol. The third kappa shape index (κ3) is 3.46. The molecule has 2 unspecified atom stereocenters. The van der Waals surface area contributed by atoms with Gasteiger partial charge in [-0.25, -0.2) is 0 Å².